The van der Waals surface area contributed by atoms with Crippen molar-refractivity contribution in [3.05, 3.63) is 88.4 Å². The van der Waals surface area contributed by atoms with E-state index < -0.39 is 6.10 Å². The first-order chi connectivity index (χ1) is 17.2. The molecule has 1 heterocycles. The largest absolute Gasteiger partial charge is 0.389 e. The van der Waals surface area contributed by atoms with Gasteiger partial charge in [0.25, 0.3) is 0 Å². The molecule has 7 heteroatoms. The lowest BCUT2D eigenvalue weighted by atomic mass is 9.79. The quantitative estimate of drug-likeness (QED) is 0.478. The summed E-state index contributed by atoms with van der Waals surface area (Å²) in [6.45, 7) is 4.45. The lowest BCUT2D eigenvalue weighted by molar-refractivity contribution is -0.119. The Morgan fingerprint density at radius 2 is 1.94 bits per heavy atom. The molecule has 0 aliphatic heterocycles. The molecule has 3 aromatic rings. The number of aryl methyl sites for hydroxylation is 2. The fraction of sp³-hybridized carbons (Fsp3) is 0.345. The first kappa shape index (κ1) is 25.7. The van der Waals surface area contributed by atoms with E-state index in [0.717, 1.165) is 33.6 Å². The first-order valence-electron chi connectivity index (χ1n) is 12.1. The van der Waals surface area contributed by atoms with E-state index in [-0.39, 0.29) is 49.2 Å². The van der Waals surface area contributed by atoms with Gasteiger partial charge >= 0.3 is 0 Å². The van der Waals surface area contributed by atoms with Crippen LogP contribution in [0.4, 0.5) is 4.39 Å². The highest BCUT2D eigenvalue weighted by Crippen LogP contribution is 2.34. The highest BCUT2D eigenvalue weighted by molar-refractivity contribution is 6.01. The van der Waals surface area contributed by atoms with Crippen LogP contribution in [0.25, 0.3) is 11.3 Å². The van der Waals surface area contributed by atoms with Crippen LogP contribution in [0.5, 0.6) is 0 Å². The maximum Gasteiger partial charge on any atom is 0.163 e. The molecule has 1 N–H and O–H groups in total. The molecule has 2 atom stereocenters. The lowest BCUT2D eigenvalue weighted by Crippen LogP contribution is -2.22. The number of aromatic nitrogens is 2. The van der Waals surface area contributed by atoms with Crippen LogP contribution >= 0.6 is 0 Å². The number of rotatable bonds is 9. The van der Waals surface area contributed by atoms with E-state index in [1.807, 2.05) is 38.1 Å². The van der Waals surface area contributed by atoms with Crippen LogP contribution in [-0.4, -0.2) is 46.3 Å². The van der Waals surface area contributed by atoms with Crippen molar-refractivity contribution < 1.29 is 23.8 Å². The summed E-state index contributed by atoms with van der Waals surface area (Å²) < 4.78 is 20.2. The van der Waals surface area contributed by atoms with Crippen molar-refractivity contribution in [2.45, 2.75) is 51.7 Å². The van der Waals surface area contributed by atoms with Crippen LogP contribution < -0.4 is 0 Å². The van der Waals surface area contributed by atoms with Crippen LogP contribution in [0.3, 0.4) is 0 Å². The maximum atomic E-state index is 13.5. The summed E-state index contributed by atoms with van der Waals surface area (Å²) in [6, 6.07) is 13.9. The number of aliphatic hydroxyl groups excluding tert-OH is 1. The van der Waals surface area contributed by atoms with Crippen molar-refractivity contribution in [3.63, 3.8) is 0 Å². The Kier molecular flexibility index (Phi) is 7.91. The van der Waals surface area contributed by atoms with Gasteiger partial charge in [-0.15, -0.1) is 0 Å². The van der Waals surface area contributed by atoms with Crippen LogP contribution in [0.1, 0.15) is 41.1 Å². The molecule has 0 fully saturated rings. The van der Waals surface area contributed by atoms with Gasteiger partial charge in [0.1, 0.15) is 11.6 Å². The number of nitrogens with zero attached hydrogens (tertiary/aromatic N) is 2. The molecule has 4 rings (SSSR count). The molecule has 0 spiro atoms. The number of carbonyl (C=O) groups excluding carboxylic acids is 2. The average molecular weight is 491 g/mol. The number of carbonyl (C=O) groups is 2. The summed E-state index contributed by atoms with van der Waals surface area (Å²) in [5, 5.41) is 14.7. The number of Topliss-reactive ketones (excluding diaryl/α,β-unsaturated/α-hetero) is 2. The molecule has 1 aromatic heterocycles. The first-order valence-corrected chi connectivity index (χ1v) is 12.1. The van der Waals surface area contributed by atoms with Crippen molar-refractivity contribution in [1.29, 1.82) is 0 Å². The second-order valence-electron chi connectivity index (χ2n) is 9.41. The van der Waals surface area contributed by atoms with E-state index in [4.69, 9.17) is 4.74 Å². The van der Waals surface area contributed by atoms with Gasteiger partial charge in [0.05, 0.1) is 24.9 Å². The normalized spacial score (nSPS) is 16.6. The molecule has 0 radical (unpaired) electrons. The second kappa shape index (κ2) is 11.1. The van der Waals surface area contributed by atoms with E-state index in [2.05, 4.69) is 5.10 Å². The van der Waals surface area contributed by atoms with E-state index in [1.54, 1.807) is 30.0 Å². The SMILES string of the molecule is COC[C@@H](O)Cn1nc(-c2ccc(C)c(CC(=O)C3=CCC(=O)C[C@H]3c3ccc(F)cc3)c2)cc1C. The number of halogens is 1. The molecule has 0 amide bonds. The minimum Gasteiger partial charge on any atom is -0.389 e. The highest BCUT2D eigenvalue weighted by Gasteiger charge is 2.28. The molecule has 2 aromatic carbocycles. The molecule has 0 bridgehead atoms. The van der Waals surface area contributed by atoms with Gasteiger partial charge in [-0.05, 0) is 60.4 Å². The molecule has 0 saturated carbocycles. The average Bonchev–Trinajstić information content (AvgIpc) is 3.20. The molecule has 0 saturated heterocycles. The van der Waals surface area contributed by atoms with Crippen molar-refractivity contribution >= 4 is 11.6 Å². The van der Waals surface area contributed by atoms with Crippen LogP contribution in [0.2, 0.25) is 0 Å². The molecule has 6 nitrogen and oxygen atoms in total. The molecular formula is C29H31FN2O4. The summed E-state index contributed by atoms with van der Waals surface area (Å²) in [7, 11) is 1.54. The number of benzene rings is 2. The lowest BCUT2D eigenvalue weighted by Gasteiger charge is -2.23. The Balaban J connectivity index is 1.57. The molecule has 1 aliphatic carbocycles. The zero-order valence-electron chi connectivity index (χ0n) is 20.8. The number of ether oxygens (including phenoxy) is 1. The van der Waals surface area contributed by atoms with Crippen molar-refractivity contribution in [1.82, 2.24) is 9.78 Å². The Labute approximate surface area is 210 Å². The molecule has 188 valence electrons. The monoisotopic (exact) mass is 490 g/mol. The second-order valence-corrected chi connectivity index (χ2v) is 9.41. The fourth-order valence-electron chi connectivity index (χ4n) is 4.66. The Morgan fingerprint density at radius 1 is 1.19 bits per heavy atom. The van der Waals surface area contributed by atoms with Crippen molar-refractivity contribution in [2.75, 3.05) is 13.7 Å². The predicted molar refractivity (Wildman–Crippen MR) is 135 cm³/mol. The fourth-order valence-corrected chi connectivity index (χ4v) is 4.66. The van der Waals surface area contributed by atoms with Gasteiger partial charge in [0, 0.05) is 43.5 Å². The van der Waals surface area contributed by atoms with E-state index in [9.17, 15) is 19.1 Å². The standard InChI is InChI=1S/C29H31FN2O4/c1-18-4-5-21(28-12-19(2)32(31-28)16-25(34)17-36-3)13-22(18)14-29(35)26-11-10-24(33)15-27(26)20-6-8-23(30)9-7-20/h4-9,11-13,25,27,34H,10,14-17H2,1-3H3/t25-,27-/m0/s1. The molecule has 36 heavy (non-hydrogen) atoms. The zero-order valence-corrected chi connectivity index (χ0v) is 20.8. The minimum atomic E-state index is -0.655. The van der Waals surface area contributed by atoms with Crippen molar-refractivity contribution in [3.8, 4) is 11.3 Å². The summed E-state index contributed by atoms with van der Waals surface area (Å²) in [5.74, 6) is -0.683. The van der Waals surface area contributed by atoms with E-state index in [0.29, 0.717) is 12.1 Å². The highest BCUT2D eigenvalue weighted by atomic mass is 19.1. The van der Waals surface area contributed by atoms with Crippen LogP contribution in [0, 0.1) is 19.7 Å². The Bertz CT molecular complexity index is 1290. The van der Waals surface area contributed by atoms with E-state index >= 15 is 0 Å². The number of methoxy groups -OCH3 is 1. The van der Waals surface area contributed by atoms with Gasteiger partial charge in [0.2, 0.25) is 0 Å². The number of hydrogen-bond donors (Lipinski definition) is 1. The third-order valence-electron chi connectivity index (χ3n) is 6.67. The van der Waals surface area contributed by atoms with Crippen LogP contribution in [-0.2, 0) is 27.3 Å². The van der Waals surface area contributed by atoms with Gasteiger partial charge in [-0.3, -0.25) is 14.3 Å². The summed E-state index contributed by atoms with van der Waals surface area (Å²) in [4.78, 5) is 25.6. The zero-order chi connectivity index (χ0) is 25.8. The number of hydrogen-bond acceptors (Lipinski definition) is 5. The molecule has 0 unspecified atom stereocenters. The van der Waals surface area contributed by atoms with Crippen molar-refractivity contribution in [2.24, 2.45) is 0 Å². The third kappa shape index (κ3) is 5.86. The van der Waals surface area contributed by atoms with Gasteiger partial charge in [0.15, 0.2) is 5.78 Å². The summed E-state index contributed by atoms with van der Waals surface area (Å²) in [6.07, 6.45) is 1.76. The van der Waals surface area contributed by atoms with E-state index in [1.165, 1.54) is 12.1 Å². The van der Waals surface area contributed by atoms with Gasteiger partial charge in [-0.1, -0.05) is 30.3 Å². The third-order valence-corrected chi connectivity index (χ3v) is 6.67. The maximum absolute atomic E-state index is 13.5. The predicted octanol–water partition coefficient (Wildman–Crippen LogP) is 4.50. The number of aliphatic hydroxyl groups is 1. The van der Waals surface area contributed by atoms with Gasteiger partial charge < -0.3 is 9.84 Å². The summed E-state index contributed by atoms with van der Waals surface area (Å²) in [5.41, 5.74) is 5.82. The Morgan fingerprint density at radius 3 is 2.67 bits per heavy atom. The summed E-state index contributed by atoms with van der Waals surface area (Å²) >= 11 is 0. The minimum absolute atomic E-state index is 0.0403. The van der Waals surface area contributed by atoms with Crippen LogP contribution in [0.15, 0.2) is 60.2 Å². The number of ketones is 2. The topological polar surface area (TPSA) is 81.4 Å². The molecular weight excluding hydrogens is 459 g/mol. The smallest absolute Gasteiger partial charge is 0.163 e. The Hall–Kier alpha value is -3.42. The van der Waals surface area contributed by atoms with Gasteiger partial charge in [-0.2, -0.15) is 5.10 Å². The number of allylic oxidation sites excluding steroid dienone is 2. The molecule has 1 aliphatic rings. The van der Waals surface area contributed by atoms with Gasteiger partial charge in [-0.25, -0.2) is 4.39 Å².